The van der Waals surface area contributed by atoms with Crippen molar-refractivity contribution in [2.75, 3.05) is 27.7 Å². The Kier molecular flexibility index (Phi) is 4.47. The topological polar surface area (TPSA) is 50.5 Å². The first-order valence-corrected chi connectivity index (χ1v) is 6.97. The number of hydrogen-bond donors (Lipinski definition) is 1. The number of likely N-dealkylation sites (N-methyl/N-ethyl adjacent to an activating group) is 1. The Morgan fingerprint density at radius 2 is 2.21 bits per heavy atom. The predicted molar refractivity (Wildman–Crippen MR) is 74.2 cm³/mol. The van der Waals surface area contributed by atoms with Gasteiger partial charge < -0.3 is 14.7 Å². The molecule has 0 amide bonds. The van der Waals surface area contributed by atoms with Crippen LogP contribution >= 0.6 is 0 Å². The van der Waals surface area contributed by atoms with Crippen LogP contribution in [0.4, 0.5) is 0 Å². The van der Waals surface area contributed by atoms with Gasteiger partial charge in [0.2, 0.25) is 0 Å². The molecule has 1 fully saturated rings. The summed E-state index contributed by atoms with van der Waals surface area (Å²) in [5.74, 6) is 1.61. The predicted octanol–water partition coefficient (Wildman–Crippen LogP) is 1.53. The lowest BCUT2D eigenvalue weighted by molar-refractivity contribution is 0.0930. The third-order valence-corrected chi connectivity index (χ3v) is 3.97. The zero-order valence-corrected chi connectivity index (χ0v) is 12.3. The molecule has 2 atom stereocenters. The van der Waals surface area contributed by atoms with E-state index in [1.807, 2.05) is 18.8 Å². The first kappa shape index (κ1) is 14.3. The second-order valence-corrected chi connectivity index (χ2v) is 5.77. The van der Waals surface area contributed by atoms with Gasteiger partial charge in [-0.25, -0.2) is 0 Å². The summed E-state index contributed by atoms with van der Waals surface area (Å²) >= 11 is 0. The molecule has 1 aromatic rings. The second kappa shape index (κ2) is 5.92. The second-order valence-electron chi connectivity index (χ2n) is 5.77. The van der Waals surface area contributed by atoms with Crippen molar-refractivity contribution in [3.63, 3.8) is 0 Å². The fourth-order valence-electron chi connectivity index (χ4n) is 2.44. The van der Waals surface area contributed by atoms with E-state index >= 15 is 0 Å². The van der Waals surface area contributed by atoms with Gasteiger partial charge in [0.15, 0.2) is 5.75 Å². The Bertz CT molecular complexity index is 413. The maximum absolute atomic E-state index is 10.6. The van der Waals surface area contributed by atoms with E-state index in [1.54, 1.807) is 13.3 Å². The van der Waals surface area contributed by atoms with Crippen LogP contribution in [0, 0.1) is 11.8 Å². The smallest absolute Gasteiger partial charge is 0.162 e. The molecule has 1 aliphatic rings. The third-order valence-electron chi connectivity index (χ3n) is 3.97. The van der Waals surface area contributed by atoms with Gasteiger partial charge in [0.25, 0.3) is 0 Å². The lowest BCUT2D eigenvalue weighted by Gasteiger charge is -2.21. The molecule has 0 saturated heterocycles. The molecule has 1 N–H and O–H groups in total. The Hall–Kier alpha value is -1.07. The fraction of sp³-hybridized carbons (Fsp3) is 0.786. The molecular formula is C14H25N3O2. The van der Waals surface area contributed by atoms with Crippen molar-refractivity contribution in [2.24, 2.45) is 11.8 Å². The first-order valence-electron chi connectivity index (χ1n) is 6.97. The normalized spacial score (nSPS) is 18.6. The van der Waals surface area contributed by atoms with Crippen LogP contribution in [0.3, 0.4) is 0 Å². The number of nitrogens with zero attached hydrogens (tertiary/aromatic N) is 3. The van der Waals surface area contributed by atoms with Gasteiger partial charge in [0, 0.05) is 6.54 Å². The van der Waals surface area contributed by atoms with E-state index < -0.39 is 6.10 Å². The molecule has 0 spiro atoms. The van der Waals surface area contributed by atoms with Crippen LogP contribution in [0.1, 0.15) is 31.6 Å². The fourth-order valence-corrected chi connectivity index (χ4v) is 2.44. The molecule has 108 valence electrons. The van der Waals surface area contributed by atoms with Crippen molar-refractivity contribution in [3.05, 3.63) is 11.9 Å². The SMILES string of the molecule is COc1cnn(CCN(C)C)c1C(O)C(C)C1CC1. The average Bonchev–Trinajstić information content (AvgIpc) is 3.14. The molecule has 0 aliphatic heterocycles. The number of rotatable bonds is 7. The molecular weight excluding hydrogens is 242 g/mol. The molecule has 0 radical (unpaired) electrons. The first-order chi connectivity index (χ1) is 9.04. The summed E-state index contributed by atoms with van der Waals surface area (Å²) in [4.78, 5) is 2.11. The van der Waals surface area contributed by atoms with Gasteiger partial charge >= 0.3 is 0 Å². The van der Waals surface area contributed by atoms with E-state index in [1.165, 1.54) is 12.8 Å². The number of methoxy groups -OCH3 is 1. The van der Waals surface area contributed by atoms with Gasteiger partial charge in [-0.05, 0) is 38.8 Å². The minimum atomic E-state index is -0.493. The number of aromatic nitrogens is 2. The molecule has 5 heteroatoms. The highest BCUT2D eigenvalue weighted by atomic mass is 16.5. The van der Waals surface area contributed by atoms with Crippen molar-refractivity contribution in [1.29, 1.82) is 0 Å². The molecule has 5 nitrogen and oxygen atoms in total. The maximum atomic E-state index is 10.6. The van der Waals surface area contributed by atoms with Crippen molar-refractivity contribution >= 4 is 0 Å². The number of hydrogen-bond acceptors (Lipinski definition) is 4. The van der Waals surface area contributed by atoms with Crippen LogP contribution in [-0.4, -0.2) is 47.5 Å². The molecule has 2 unspecified atom stereocenters. The minimum Gasteiger partial charge on any atom is -0.493 e. The van der Waals surface area contributed by atoms with Crippen LogP contribution in [0.15, 0.2) is 6.20 Å². The van der Waals surface area contributed by atoms with Gasteiger partial charge in [-0.2, -0.15) is 5.10 Å². The highest BCUT2D eigenvalue weighted by Crippen LogP contribution is 2.44. The minimum absolute atomic E-state index is 0.267. The van der Waals surface area contributed by atoms with Crippen molar-refractivity contribution in [1.82, 2.24) is 14.7 Å². The van der Waals surface area contributed by atoms with Gasteiger partial charge in [-0.15, -0.1) is 0 Å². The highest BCUT2D eigenvalue weighted by Gasteiger charge is 2.36. The van der Waals surface area contributed by atoms with Gasteiger partial charge in [0.05, 0.1) is 19.9 Å². The molecule has 1 heterocycles. The quantitative estimate of drug-likeness (QED) is 0.814. The summed E-state index contributed by atoms with van der Waals surface area (Å²) in [7, 11) is 5.69. The van der Waals surface area contributed by atoms with Crippen molar-refractivity contribution in [2.45, 2.75) is 32.4 Å². The van der Waals surface area contributed by atoms with Crippen LogP contribution in [0.2, 0.25) is 0 Å². The van der Waals surface area contributed by atoms with Crippen molar-refractivity contribution in [3.8, 4) is 5.75 Å². The average molecular weight is 267 g/mol. The van der Waals surface area contributed by atoms with E-state index in [2.05, 4.69) is 16.9 Å². The number of aliphatic hydroxyl groups excluding tert-OH is 1. The zero-order valence-electron chi connectivity index (χ0n) is 12.3. The largest absolute Gasteiger partial charge is 0.493 e. The Labute approximate surface area is 115 Å². The third kappa shape index (κ3) is 3.28. The zero-order chi connectivity index (χ0) is 14.0. The molecule has 1 saturated carbocycles. The Balaban J connectivity index is 2.17. The summed E-state index contributed by atoms with van der Waals surface area (Å²) in [5, 5.41) is 14.9. The van der Waals surface area contributed by atoms with Gasteiger partial charge in [0.1, 0.15) is 11.8 Å². The molecule has 0 bridgehead atoms. The molecule has 1 aliphatic carbocycles. The van der Waals surface area contributed by atoms with E-state index in [9.17, 15) is 5.11 Å². The van der Waals surface area contributed by atoms with E-state index in [-0.39, 0.29) is 5.92 Å². The lowest BCUT2D eigenvalue weighted by atomic mass is 9.96. The van der Waals surface area contributed by atoms with E-state index in [0.29, 0.717) is 11.7 Å². The molecule has 2 rings (SSSR count). The maximum Gasteiger partial charge on any atom is 0.162 e. The molecule has 1 aromatic heterocycles. The summed E-state index contributed by atoms with van der Waals surface area (Å²) in [6.07, 6.45) is 3.67. The summed E-state index contributed by atoms with van der Waals surface area (Å²) in [5.41, 5.74) is 0.823. The number of ether oxygens (including phenoxy) is 1. The van der Waals surface area contributed by atoms with E-state index in [0.717, 1.165) is 18.8 Å². The van der Waals surface area contributed by atoms with Crippen LogP contribution in [-0.2, 0) is 6.54 Å². The Morgan fingerprint density at radius 3 is 2.74 bits per heavy atom. The van der Waals surface area contributed by atoms with Crippen molar-refractivity contribution < 1.29 is 9.84 Å². The van der Waals surface area contributed by atoms with Crippen LogP contribution < -0.4 is 4.74 Å². The summed E-state index contributed by atoms with van der Waals surface area (Å²) < 4.78 is 7.22. The van der Waals surface area contributed by atoms with E-state index in [4.69, 9.17) is 4.74 Å². The summed E-state index contributed by atoms with van der Waals surface area (Å²) in [6, 6.07) is 0. The monoisotopic (exact) mass is 267 g/mol. The number of aliphatic hydroxyl groups is 1. The van der Waals surface area contributed by atoms with Gasteiger partial charge in [-0.1, -0.05) is 6.92 Å². The van der Waals surface area contributed by atoms with Crippen LogP contribution in [0.25, 0.3) is 0 Å². The molecule has 0 aromatic carbocycles. The molecule has 19 heavy (non-hydrogen) atoms. The summed E-state index contributed by atoms with van der Waals surface area (Å²) in [6.45, 7) is 3.77. The van der Waals surface area contributed by atoms with Crippen LogP contribution in [0.5, 0.6) is 5.75 Å². The highest BCUT2D eigenvalue weighted by molar-refractivity contribution is 5.28. The van der Waals surface area contributed by atoms with Gasteiger partial charge in [-0.3, -0.25) is 4.68 Å². The standard InChI is InChI=1S/C14H25N3O2/c1-10(11-5-6-11)14(18)13-12(19-4)9-15-17(13)8-7-16(2)3/h9-11,14,18H,5-8H2,1-4H3. The Morgan fingerprint density at radius 1 is 1.53 bits per heavy atom. The lowest BCUT2D eigenvalue weighted by Crippen LogP contribution is -2.23.